The topological polar surface area (TPSA) is 79.5 Å². The van der Waals surface area contributed by atoms with Gasteiger partial charge in [0, 0.05) is 25.6 Å². The molecule has 41 heavy (non-hydrogen) atoms. The van der Waals surface area contributed by atoms with Crippen molar-refractivity contribution in [3.8, 4) is 5.75 Å². The van der Waals surface area contributed by atoms with E-state index in [4.69, 9.17) is 4.74 Å². The average molecular weight is 574 g/mol. The zero-order valence-electron chi connectivity index (χ0n) is 27.7. The molecule has 2 fully saturated rings. The van der Waals surface area contributed by atoms with Crippen LogP contribution in [0.1, 0.15) is 119 Å². The highest BCUT2D eigenvalue weighted by Gasteiger charge is 2.31. The second-order valence-electron chi connectivity index (χ2n) is 10.9. The number of nitrogens with one attached hydrogen (secondary N) is 3. The SMILES string of the molecule is CC.CC1CC1.CCC.CCC/C=C(/C)C(NCCOc1ccccc1CCCNC(=O)CNC(=O)CC)C1CC1. The van der Waals surface area contributed by atoms with Crippen molar-refractivity contribution in [1.29, 1.82) is 0 Å². The van der Waals surface area contributed by atoms with Gasteiger partial charge in [-0.25, -0.2) is 0 Å². The van der Waals surface area contributed by atoms with Crippen LogP contribution in [-0.4, -0.2) is 44.1 Å². The summed E-state index contributed by atoms with van der Waals surface area (Å²) in [6.45, 7) is 18.8. The van der Waals surface area contributed by atoms with E-state index in [1.165, 1.54) is 44.1 Å². The molecule has 3 rings (SSSR count). The monoisotopic (exact) mass is 573 g/mol. The largest absolute Gasteiger partial charge is 0.492 e. The van der Waals surface area contributed by atoms with Crippen molar-refractivity contribution in [2.75, 3.05) is 26.2 Å². The summed E-state index contributed by atoms with van der Waals surface area (Å²) >= 11 is 0. The third kappa shape index (κ3) is 21.1. The first kappa shape index (κ1) is 38.7. The van der Waals surface area contributed by atoms with E-state index in [0.29, 0.717) is 25.6 Å². The Bertz CT molecular complexity index is 832. The molecule has 6 heteroatoms. The molecule has 2 amide bonds. The first-order chi connectivity index (χ1) is 19.9. The molecule has 3 N–H and O–H groups in total. The number of hydrogen-bond donors (Lipinski definition) is 3. The van der Waals surface area contributed by atoms with E-state index in [-0.39, 0.29) is 18.4 Å². The van der Waals surface area contributed by atoms with Crippen LogP contribution >= 0.6 is 0 Å². The molecule has 0 radical (unpaired) electrons. The summed E-state index contributed by atoms with van der Waals surface area (Å²) in [6.07, 6.45) is 13.6. The molecule has 2 saturated carbocycles. The second kappa shape index (κ2) is 25.4. The van der Waals surface area contributed by atoms with Gasteiger partial charge in [-0.2, -0.15) is 0 Å². The zero-order chi connectivity index (χ0) is 30.9. The van der Waals surface area contributed by atoms with Crippen LogP contribution in [0.3, 0.4) is 0 Å². The summed E-state index contributed by atoms with van der Waals surface area (Å²) in [5.41, 5.74) is 2.62. The predicted octanol–water partition coefficient (Wildman–Crippen LogP) is 7.61. The van der Waals surface area contributed by atoms with E-state index in [0.717, 1.165) is 49.0 Å². The number of aryl methyl sites for hydroxylation is 1. The number of benzene rings is 1. The van der Waals surface area contributed by atoms with E-state index < -0.39 is 0 Å². The number of para-hydroxylation sites is 1. The van der Waals surface area contributed by atoms with Crippen LogP contribution in [0.4, 0.5) is 0 Å². The van der Waals surface area contributed by atoms with Crippen molar-refractivity contribution in [3.63, 3.8) is 0 Å². The Balaban J connectivity index is 0.00000154. The van der Waals surface area contributed by atoms with E-state index in [1.54, 1.807) is 6.92 Å². The zero-order valence-corrected chi connectivity index (χ0v) is 27.7. The van der Waals surface area contributed by atoms with Gasteiger partial charge in [0.15, 0.2) is 0 Å². The number of carbonyl (C=O) groups excluding carboxylic acids is 2. The van der Waals surface area contributed by atoms with Crippen LogP contribution < -0.4 is 20.7 Å². The lowest BCUT2D eigenvalue weighted by atomic mass is 10.0. The molecule has 0 spiro atoms. The first-order valence-corrected chi connectivity index (χ1v) is 16.5. The minimum absolute atomic E-state index is 0.0360. The van der Waals surface area contributed by atoms with Crippen LogP contribution in [0.15, 0.2) is 35.9 Å². The van der Waals surface area contributed by atoms with Crippen molar-refractivity contribution in [3.05, 3.63) is 41.5 Å². The van der Waals surface area contributed by atoms with Crippen molar-refractivity contribution < 1.29 is 14.3 Å². The van der Waals surface area contributed by atoms with E-state index >= 15 is 0 Å². The van der Waals surface area contributed by atoms with Gasteiger partial charge in [-0.05, 0) is 62.5 Å². The molecular formula is C35H63N3O3. The summed E-state index contributed by atoms with van der Waals surface area (Å²) < 4.78 is 6.09. The molecule has 1 aromatic carbocycles. The van der Waals surface area contributed by atoms with Gasteiger partial charge in [0.2, 0.25) is 11.8 Å². The molecule has 236 valence electrons. The fraction of sp³-hybridized carbons (Fsp3) is 0.714. The molecule has 1 unspecified atom stereocenters. The van der Waals surface area contributed by atoms with Gasteiger partial charge in [-0.15, -0.1) is 0 Å². The number of ether oxygens (including phenoxy) is 1. The molecule has 0 aliphatic heterocycles. The molecule has 6 nitrogen and oxygen atoms in total. The number of unbranched alkanes of at least 4 members (excludes halogenated alkanes) is 1. The molecule has 0 bridgehead atoms. The Kier molecular flexibility index (Phi) is 23.9. The summed E-state index contributed by atoms with van der Waals surface area (Å²) in [5, 5.41) is 9.13. The standard InChI is InChI=1S/C26H41N3O3.C4H8.C3H8.C2H6/c1-4-6-10-20(3)26(22-14-15-22)28-17-18-32-23-13-8-7-11-21(23)12-9-16-27-25(31)19-29-24(30)5-2;1-4-2-3-4;1-3-2;1-2/h7-8,10-11,13,22,26,28H,4-6,9,12,14-19H2,1-3H3,(H,27,31)(H,29,30);4H,2-3H2,1H3;3H2,1-2H3;1-2H3/b20-10-;;;. The first-order valence-electron chi connectivity index (χ1n) is 16.5. The minimum atomic E-state index is -0.157. The normalized spacial score (nSPS) is 14.6. The number of hydrogen-bond acceptors (Lipinski definition) is 4. The number of rotatable bonds is 16. The molecule has 0 heterocycles. The fourth-order valence-corrected chi connectivity index (χ4v) is 3.89. The Hall–Kier alpha value is -2.34. The summed E-state index contributed by atoms with van der Waals surface area (Å²) in [4.78, 5) is 23.0. The third-order valence-electron chi connectivity index (χ3n) is 6.61. The smallest absolute Gasteiger partial charge is 0.239 e. The molecule has 2 aliphatic carbocycles. The maximum absolute atomic E-state index is 11.8. The van der Waals surface area contributed by atoms with Crippen molar-refractivity contribution in [1.82, 2.24) is 16.0 Å². The van der Waals surface area contributed by atoms with Gasteiger partial charge in [0.05, 0.1) is 6.54 Å². The Morgan fingerprint density at radius 2 is 1.61 bits per heavy atom. The predicted molar refractivity (Wildman–Crippen MR) is 175 cm³/mol. The van der Waals surface area contributed by atoms with Crippen LogP contribution in [-0.2, 0) is 16.0 Å². The molecule has 1 atom stereocenters. The number of amides is 2. The van der Waals surface area contributed by atoms with E-state index in [1.807, 2.05) is 32.0 Å². The van der Waals surface area contributed by atoms with Gasteiger partial charge in [-0.1, -0.05) is 104 Å². The van der Waals surface area contributed by atoms with E-state index in [9.17, 15) is 9.59 Å². The van der Waals surface area contributed by atoms with Crippen molar-refractivity contribution >= 4 is 11.8 Å². The van der Waals surface area contributed by atoms with Crippen molar-refractivity contribution in [2.45, 2.75) is 126 Å². The lowest BCUT2D eigenvalue weighted by molar-refractivity contribution is -0.125. The molecule has 0 saturated heterocycles. The molecule has 0 aromatic heterocycles. The van der Waals surface area contributed by atoms with Crippen LogP contribution in [0.2, 0.25) is 0 Å². The lowest BCUT2D eigenvalue weighted by Crippen LogP contribution is -2.37. The lowest BCUT2D eigenvalue weighted by Gasteiger charge is -2.20. The second-order valence-corrected chi connectivity index (χ2v) is 10.9. The third-order valence-corrected chi connectivity index (χ3v) is 6.61. The van der Waals surface area contributed by atoms with Gasteiger partial charge in [0.1, 0.15) is 12.4 Å². The highest BCUT2D eigenvalue weighted by atomic mass is 16.5. The molecule has 1 aromatic rings. The van der Waals surface area contributed by atoms with Gasteiger partial charge >= 0.3 is 0 Å². The van der Waals surface area contributed by atoms with Gasteiger partial charge in [0.25, 0.3) is 0 Å². The summed E-state index contributed by atoms with van der Waals surface area (Å²) in [6, 6.07) is 8.58. The van der Waals surface area contributed by atoms with Crippen LogP contribution in [0.5, 0.6) is 5.75 Å². The van der Waals surface area contributed by atoms with Crippen LogP contribution in [0, 0.1) is 11.8 Å². The quantitative estimate of drug-likeness (QED) is 0.140. The Morgan fingerprint density at radius 3 is 2.17 bits per heavy atom. The van der Waals surface area contributed by atoms with Crippen LogP contribution in [0.25, 0.3) is 0 Å². The molecule has 2 aliphatic rings. The van der Waals surface area contributed by atoms with Crippen molar-refractivity contribution in [2.24, 2.45) is 11.8 Å². The summed E-state index contributed by atoms with van der Waals surface area (Å²) in [7, 11) is 0. The van der Waals surface area contributed by atoms with E-state index in [2.05, 4.69) is 62.7 Å². The molecular weight excluding hydrogens is 510 g/mol. The highest BCUT2D eigenvalue weighted by molar-refractivity contribution is 5.84. The Morgan fingerprint density at radius 1 is 0.976 bits per heavy atom. The Labute approximate surface area is 252 Å². The summed E-state index contributed by atoms with van der Waals surface area (Å²) in [5.74, 6) is 2.50. The maximum atomic E-state index is 11.8. The minimum Gasteiger partial charge on any atom is -0.492 e. The van der Waals surface area contributed by atoms with Gasteiger partial charge < -0.3 is 20.7 Å². The number of carbonyl (C=O) groups is 2. The maximum Gasteiger partial charge on any atom is 0.239 e. The average Bonchev–Trinajstić information content (AvgIpc) is 3.93. The number of allylic oxidation sites excluding steroid dienone is 1. The highest BCUT2D eigenvalue weighted by Crippen LogP contribution is 2.35. The fourth-order valence-electron chi connectivity index (χ4n) is 3.89. The van der Waals surface area contributed by atoms with Gasteiger partial charge in [-0.3, -0.25) is 9.59 Å².